The van der Waals surface area contributed by atoms with Crippen molar-refractivity contribution in [2.75, 3.05) is 30.2 Å². The number of fused-ring (bicyclic) bond motifs is 1. The van der Waals surface area contributed by atoms with Crippen LogP contribution in [0, 0.1) is 5.92 Å². The van der Waals surface area contributed by atoms with Crippen LogP contribution in [0.2, 0.25) is 0 Å². The molecule has 7 nitrogen and oxygen atoms in total. The Bertz CT molecular complexity index is 1190. The highest BCUT2D eigenvalue weighted by Crippen LogP contribution is 2.36. The molecule has 34 heavy (non-hydrogen) atoms. The van der Waals surface area contributed by atoms with Gasteiger partial charge in [0.2, 0.25) is 5.95 Å². The number of anilines is 3. The molecular formula is C23H26F3N6OP. The molecule has 0 saturated heterocycles. The molecule has 2 aromatic rings. The third-order valence-corrected chi connectivity index (χ3v) is 7.32. The number of aromatic nitrogens is 2. The van der Waals surface area contributed by atoms with Crippen molar-refractivity contribution in [2.24, 2.45) is 11.8 Å². The highest BCUT2D eigenvalue weighted by Gasteiger charge is 2.36. The predicted octanol–water partition coefficient (Wildman–Crippen LogP) is 4.16. The Kier molecular flexibility index (Phi) is 6.55. The minimum absolute atomic E-state index is 0.0957. The zero-order chi connectivity index (χ0) is 24.5. The van der Waals surface area contributed by atoms with Gasteiger partial charge in [0.05, 0.1) is 11.7 Å². The molecule has 2 aliphatic rings. The Hall–Kier alpha value is -3.10. The van der Waals surface area contributed by atoms with Crippen molar-refractivity contribution < 1.29 is 17.7 Å². The van der Waals surface area contributed by atoms with Gasteiger partial charge >= 0.3 is 6.18 Å². The van der Waals surface area contributed by atoms with Crippen LogP contribution in [0.5, 0.6) is 0 Å². The Morgan fingerprint density at radius 1 is 1.18 bits per heavy atom. The summed E-state index contributed by atoms with van der Waals surface area (Å²) in [6.45, 7) is 3.56. The first-order valence-corrected chi connectivity index (χ1v) is 13.3. The van der Waals surface area contributed by atoms with Crippen LogP contribution in [0.3, 0.4) is 0 Å². The number of nitrogens with zero attached hydrogens (tertiary/aromatic N) is 3. The standard InChI is InChI=1S/C23H26F3N6OP/c1-34(2,33)17-9-7-16(8-10-17)32(27)22-30-14-19(23(24,25)26)21(31-22)28-12-11-15-13-29-20-6-4-3-5-18(15)20/h3-10,13-14,18,20,29H,11-12,27H2,1-2H3,(H,28,30,31). The molecule has 180 valence electrons. The van der Waals surface area contributed by atoms with E-state index in [-0.39, 0.29) is 30.3 Å². The summed E-state index contributed by atoms with van der Waals surface area (Å²) in [5.74, 6) is 5.87. The Morgan fingerprint density at radius 3 is 2.56 bits per heavy atom. The topological polar surface area (TPSA) is 96.2 Å². The summed E-state index contributed by atoms with van der Waals surface area (Å²) in [6.07, 6.45) is 6.64. The summed E-state index contributed by atoms with van der Waals surface area (Å²) in [6, 6.07) is 6.79. The van der Waals surface area contributed by atoms with Crippen molar-refractivity contribution in [2.45, 2.75) is 18.6 Å². The maximum Gasteiger partial charge on any atom is 0.421 e. The summed E-state index contributed by atoms with van der Waals surface area (Å²) in [7, 11) is -2.45. The van der Waals surface area contributed by atoms with Gasteiger partial charge < -0.3 is 15.2 Å². The second-order valence-electron chi connectivity index (χ2n) is 8.55. The van der Waals surface area contributed by atoms with E-state index in [9.17, 15) is 17.7 Å². The zero-order valence-electron chi connectivity index (χ0n) is 18.8. The van der Waals surface area contributed by atoms with Gasteiger partial charge in [0.1, 0.15) is 18.5 Å². The van der Waals surface area contributed by atoms with Gasteiger partial charge in [-0.25, -0.2) is 15.8 Å². The van der Waals surface area contributed by atoms with Gasteiger partial charge in [0.15, 0.2) is 0 Å². The van der Waals surface area contributed by atoms with E-state index in [0.717, 1.165) is 16.8 Å². The molecule has 11 heteroatoms. The predicted molar refractivity (Wildman–Crippen MR) is 129 cm³/mol. The Balaban J connectivity index is 1.51. The number of alkyl halides is 3. The second-order valence-corrected chi connectivity index (χ2v) is 11.8. The molecule has 0 bridgehead atoms. The molecule has 4 rings (SSSR count). The molecule has 2 heterocycles. The van der Waals surface area contributed by atoms with Crippen molar-refractivity contribution >= 4 is 29.9 Å². The molecule has 1 aliphatic heterocycles. The first-order chi connectivity index (χ1) is 16.0. The fourth-order valence-electron chi connectivity index (χ4n) is 3.90. The number of halogens is 3. The summed E-state index contributed by atoms with van der Waals surface area (Å²) in [5, 5.41) is 7.85. The number of nitrogens with one attached hydrogen (secondary N) is 2. The second kappa shape index (κ2) is 9.27. The van der Waals surface area contributed by atoms with Crippen LogP contribution in [0.25, 0.3) is 0 Å². The smallest absolute Gasteiger partial charge is 0.384 e. The summed E-state index contributed by atoms with van der Waals surface area (Å²) in [4.78, 5) is 7.91. The maximum absolute atomic E-state index is 13.6. The van der Waals surface area contributed by atoms with Crippen molar-refractivity contribution in [3.05, 3.63) is 72.1 Å². The average molecular weight is 490 g/mol. The van der Waals surface area contributed by atoms with Crippen LogP contribution in [0.15, 0.2) is 66.5 Å². The van der Waals surface area contributed by atoms with Crippen molar-refractivity contribution in [1.82, 2.24) is 15.3 Å². The number of hydrazine groups is 1. The van der Waals surface area contributed by atoms with E-state index in [0.29, 0.717) is 17.4 Å². The number of rotatable bonds is 7. The van der Waals surface area contributed by atoms with Gasteiger partial charge in [-0.2, -0.15) is 18.2 Å². The lowest BCUT2D eigenvalue weighted by Gasteiger charge is -2.21. The van der Waals surface area contributed by atoms with Gasteiger partial charge in [-0.15, -0.1) is 0 Å². The maximum atomic E-state index is 13.6. The van der Waals surface area contributed by atoms with Crippen LogP contribution in [-0.2, 0) is 10.7 Å². The molecule has 0 radical (unpaired) electrons. The van der Waals surface area contributed by atoms with E-state index >= 15 is 0 Å². The van der Waals surface area contributed by atoms with Gasteiger partial charge in [0.25, 0.3) is 0 Å². The fraction of sp³-hybridized carbons (Fsp3) is 0.304. The molecule has 2 atom stereocenters. The molecule has 2 unspecified atom stereocenters. The third kappa shape index (κ3) is 5.18. The van der Waals surface area contributed by atoms with Crippen molar-refractivity contribution in [1.29, 1.82) is 0 Å². The summed E-state index contributed by atoms with van der Waals surface area (Å²) in [5.41, 5.74) is 0.591. The number of allylic oxidation sites excluding steroid dienone is 2. The lowest BCUT2D eigenvalue weighted by atomic mass is 9.90. The van der Waals surface area contributed by atoms with Crippen LogP contribution >= 0.6 is 7.14 Å². The average Bonchev–Trinajstić information content (AvgIpc) is 3.20. The summed E-state index contributed by atoms with van der Waals surface area (Å²) >= 11 is 0. The van der Waals surface area contributed by atoms with E-state index in [1.807, 2.05) is 18.4 Å². The van der Waals surface area contributed by atoms with Crippen LogP contribution < -0.4 is 26.8 Å². The van der Waals surface area contributed by atoms with Crippen LogP contribution in [-0.4, -0.2) is 35.9 Å². The number of hydrogen-bond donors (Lipinski definition) is 3. The minimum atomic E-state index is -4.62. The highest BCUT2D eigenvalue weighted by molar-refractivity contribution is 7.70. The third-order valence-electron chi connectivity index (χ3n) is 5.78. The fourth-order valence-corrected chi connectivity index (χ4v) is 4.77. The molecule has 0 fully saturated rings. The summed E-state index contributed by atoms with van der Waals surface area (Å²) < 4.78 is 53.0. The lowest BCUT2D eigenvalue weighted by Crippen LogP contribution is -2.28. The van der Waals surface area contributed by atoms with Gasteiger partial charge in [-0.05, 0) is 55.8 Å². The molecule has 4 N–H and O–H groups in total. The van der Waals surface area contributed by atoms with E-state index < -0.39 is 18.9 Å². The first kappa shape index (κ1) is 24.0. The van der Waals surface area contributed by atoms with Crippen molar-refractivity contribution in [3.63, 3.8) is 0 Å². The number of hydrogen-bond acceptors (Lipinski definition) is 7. The van der Waals surface area contributed by atoms with Gasteiger partial charge in [-0.1, -0.05) is 24.3 Å². The Morgan fingerprint density at radius 2 is 1.88 bits per heavy atom. The monoisotopic (exact) mass is 490 g/mol. The normalized spacial score (nSPS) is 19.4. The quantitative estimate of drug-likeness (QED) is 0.305. The van der Waals surface area contributed by atoms with E-state index in [1.54, 1.807) is 37.6 Å². The van der Waals surface area contributed by atoms with Gasteiger partial charge in [0, 0.05) is 24.0 Å². The first-order valence-electron chi connectivity index (χ1n) is 10.7. The number of benzene rings is 1. The highest BCUT2D eigenvalue weighted by atomic mass is 31.2. The molecule has 1 aromatic heterocycles. The van der Waals surface area contributed by atoms with Crippen LogP contribution in [0.1, 0.15) is 12.0 Å². The number of nitrogens with two attached hydrogens (primary N) is 1. The molecule has 0 spiro atoms. The molecule has 0 amide bonds. The largest absolute Gasteiger partial charge is 0.421 e. The SMILES string of the molecule is CP(C)(=O)c1ccc(N(N)c2ncc(C(F)(F)F)c(NCCC3=CNC4C=CC=CC34)n2)cc1. The van der Waals surface area contributed by atoms with E-state index in [1.165, 1.54) is 0 Å². The van der Waals surface area contributed by atoms with E-state index in [4.69, 9.17) is 5.84 Å². The van der Waals surface area contributed by atoms with E-state index in [2.05, 4.69) is 32.8 Å². The van der Waals surface area contributed by atoms with Crippen LogP contribution in [0.4, 0.5) is 30.6 Å². The molecule has 0 saturated carbocycles. The van der Waals surface area contributed by atoms with Crippen molar-refractivity contribution in [3.8, 4) is 0 Å². The lowest BCUT2D eigenvalue weighted by molar-refractivity contribution is -0.137. The minimum Gasteiger partial charge on any atom is -0.384 e. The molecular weight excluding hydrogens is 464 g/mol. The molecule has 1 aliphatic carbocycles. The Labute approximate surface area is 196 Å². The van der Waals surface area contributed by atoms with Gasteiger partial charge in [-0.3, -0.25) is 0 Å². The molecule has 1 aromatic carbocycles. The zero-order valence-corrected chi connectivity index (χ0v) is 19.6.